The topological polar surface area (TPSA) is 51.2 Å². The Labute approximate surface area is 118 Å². The number of benzene rings is 1. The van der Waals surface area contributed by atoms with E-state index in [1.807, 2.05) is 0 Å². The standard InChI is InChI=1S/C14H11F3N2O2/c1-8-6-9(2-4-11(8)15)19-13(20)12-5-3-10(7-18-12)21-14(16)17/h2-7,14H,1H3,(H,19,20). The number of hydrogen-bond acceptors (Lipinski definition) is 3. The van der Waals surface area contributed by atoms with Crippen molar-refractivity contribution in [2.75, 3.05) is 5.32 Å². The molecule has 0 bridgehead atoms. The number of halogens is 3. The van der Waals surface area contributed by atoms with Gasteiger partial charge >= 0.3 is 6.61 Å². The van der Waals surface area contributed by atoms with Gasteiger partial charge in [-0.15, -0.1) is 0 Å². The van der Waals surface area contributed by atoms with Crippen molar-refractivity contribution in [3.05, 3.63) is 53.6 Å². The van der Waals surface area contributed by atoms with Gasteiger partial charge in [0.2, 0.25) is 0 Å². The summed E-state index contributed by atoms with van der Waals surface area (Å²) in [4.78, 5) is 15.6. The zero-order chi connectivity index (χ0) is 15.4. The molecule has 110 valence electrons. The number of aromatic nitrogens is 1. The fourth-order valence-electron chi connectivity index (χ4n) is 1.60. The normalized spacial score (nSPS) is 10.5. The van der Waals surface area contributed by atoms with Crippen molar-refractivity contribution >= 4 is 11.6 Å². The van der Waals surface area contributed by atoms with E-state index < -0.39 is 12.5 Å². The van der Waals surface area contributed by atoms with Gasteiger partial charge in [-0.25, -0.2) is 9.37 Å². The van der Waals surface area contributed by atoms with E-state index in [-0.39, 0.29) is 17.3 Å². The molecular formula is C14H11F3N2O2. The number of nitrogens with one attached hydrogen (secondary N) is 1. The van der Waals surface area contributed by atoms with Crippen molar-refractivity contribution in [2.45, 2.75) is 13.5 Å². The van der Waals surface area contributed by atoms with Crippen LogP contribution in [0.15, 0.2) is 36.5 Å². The number of ether oxygens (including phenoxy) is 1. The third-order valence-electron chi connectivity index (χ3n) is 2.61. The molecule has 0 spiro atoms. The Morgan fingerprint density at radius 1 is 1.29 bits per heavy atom. The number of rotatable bonds is 4. The van der Waals surface area contributed by atoms with Gasteiger partial charge in [-0.2, -0.15) is 8.78 Å². The lowest BCUT2D eigenvalue weighted by atomic mass is 10.2. The van der Waals surface area contributed by atoms with Crippen LogP contribution in [-0.4, -0.2) is 17.5 Å². The maximum Gasteiger partial charge on any atom is 0.387 e. The number of carbonyl (C=O) groups excluding carboxylic acids is 1. The molecule has 1 aromatic heterocycles. The number of carbonyl (C=O) groups is 1. The average Bonchev–Trinajstić information content (AvgIpc) is 2.43. The maximum atomic E-state index is 13.1. The molecule has 2 rings (SSSR count). The number of aryl methyl sites for hydroxylation is 1. The van der Waals surface area contributed by atoms with Crippen LogP contribution in [0.5, 0.6) is 5.75 Å². The monoisotopic (exact) mass is 296 g/mol. The Morgan fingerprint density at radius 3 is 2.62 bits per heavy atom. The first-order valence-corrected chi connectivity index (χ1v) is 5.94. The summed E-state index contributed by atoms with van der Waals surface area (Å²) >= 11 is 0. The number of anilines is 1. The lowest BCUT2D eigenvalue weighted by molar-refractivity contribution is -0.0500. The lowest BCUT2D eigenvalue weighted by Crippen LogP contribution is -2.14. The zero-order valence-corrected chi connectivity index (χ0v) is 10.9. The van der Waals surface area contributed by atoms with E-state index in [2.05, 4.69) is 15.0 Å². The van der Waals surface area contributed by atoms with Crippen LogP contribution in [0.3, 0.4) is 0 Å². The molecule has 4 nitrogen and oxygen atoms in total. The van der Waals surface area contributed by atoms with Crippen LogP contribution < -0.4 is 10.1 Å². The van der Waals surface area contributed by atoms with Gasteiger partial charge in [0.05, 0.1) is 6.20 Å². The predicted molar refractivity (Wildman–Crippen MR) is 70.0 cm³/mol. The first-order chi connectivity index (χ1) is 9.95. The van der Waals surface area contributed by atoms with Crippen molar-refractivity contribution in [1.82, 2.24) is 4.98 Å². The lowest BCUT2D eigenvalue weighted by Gasteiger charge is -2.07. The summed E-state index contributed by atoms with van der Waals surface area (Å²) < 4.78 is 41.2. The molecule has 7 heteroatoms. The molecule has 0 radical (unpaired) electrons. The van der Waals surface area contributed by atoms with Crippen molar-refractivity contribution in [3.8, 4) is 5.75 Å². The summed E-state index contributed by atoms with van der Waals surface area (Å²) in [6, 6.07) is 6.58. The summed E-state index contributed by atoms with van der Waals surface area (Å²) in [6.07, 6.45) is 1.02. The number of hydrogen-bond donors (Lipinski definition) is 1. The summed E-state index contributed by atoms with van der Waals surface area (Å²) in [7, 11) is 0. The van der Waals surface area contributed by atoms with Gasteiger partial charge in [0.25, 0.3) is 5.91 Å². The van der Waals surface area contributed by atoms with E-state index in [1.54, 1.807) is 6.92 Å². The Bertz CT molecular complexity index is 645. The summed E-state index contributed by atoms with van der Waals surface area (Å²) in [5.74, 6) is -1.05. The van der Waals surface area contributed by atoms with Crippen LogP contribution in [0.2, 0.25) is 0 Å². The van der Waals surface area contributed by atoms with E-state index in [1.165, 1.54) is 30.3 Å². The number of nitrogens with zero attached hydrogens (tertiary/aromatic N) is 1. The molecule has 0 saturated carbocycles. The minimum Gasteiger partial charge on any atom is -0.433 e. The minimum absolute atomic E-state index is 0.0265. The third kappa shape index (κ3) is 3.95. The molecule has 1 aromatic carbocycles. The Kier molecular flexibility index (Phi) is 4.42. The van der Waals surface area contributed by atoms with Crippen molar-refractivity contribution in [1.29, 1.82) is 0 Å². The molecule has 1 N–H and O–H groups in total. The van der Waals surface area contributed by atoms with Gasteiger partial charge in [0.1, 0.15) is 17.3 Å². The van der Waals surface area contributed by atoms with Crippen LogP contribution in [0.4, 0.5) is 18.9 Å². The highest BCUT2D eigenvalue weighted by Crippen LogP contribution is 2.16. The molecule has 0 aliphatic carbocycles. The molecule has 1 heterocycles. The van der Waals surface area contributed by atoms with Crippen molar-refractivity contribution < 1.29 is 22.7 Å². The molecule has 0 fully saturated rings. The van der Waals surface area contributed by atoms with Crippen LogP contribution in [0, 0.1) is 12.7 Å². The van der Waals surface area contributed by atoms with Crippen molar-refractivity contribution in [3.63, 3.8) is 0 Å². The van der Waals surface area contributed by atoms with E-state index in [0.717, 1.165) is 6.20 Å². The maximum absolute atomic E-state index is 13.1. The van der Waals surface area contributed by atoms with E-state index in [4.69, 9.17) is 0 Å². The van der Waals surface area contributed by atoms with Gasteiger partial charge < -0.3 is 10.1 Å². The first-order valence-electron chi connectivity index (χ1n) is 5.94. The average molecular weight is 296 g/mol. The second-order valence-corrected chi connectivity index (χ2v) is 4.18. The van der Waals surface area contributed by atoms with Gasteiger partial charge in [-0.3, -0.25) is 4.79 Å². The molecule has 0 unspecified atom stereocenters. The van der Waals surface area contributed by atoms with Gasteiger partial charge in [-0.05, 0) is 42.8 Å². The Morgan fingerprint density at radius 2 is 2.05 bits per heavy atom. The smallest absolute Gasteiger partial charge is 0.387 e. The zero-order valence-electron chi connectivity index (χ0n) is 10.9. The molecule has 1 amide bonds. The minimum atomic E-state index is -2.95. The van der Waals surface area contributed by atoms with Crippen LogP contribution in [0.1, 0.15) is 16.1 Å². The summed E-state index contributed by atoms with van der Waals surface area (Å²) in [5, 5.41) is 2.53. The highest BCUT2D eigenvalue weighted by Gasteiger charge is 2.10. The Hall–Kier alpha value is -2.57. The SMILES string of the molecule is Cc1cc(NC(=O)c2ccc(OC(F)F)cn2)ccc1F. The fourth-order valence-corrected chi connectivity index (χ4v) is 1.60. The molecular weight excluding hydrogens is 285 g/mol. The largest absolute Gasteiger partial charge is 0.433 e. The second-order valence-electron chi connectivity index (χ2n) is 4.18. The molecule has 0 saturated heterocycles. The van der Waals surface area contributed by atoms with Gasteiger partial charge in [0.15, 0.2) is 0 Å². The van der Waals surface area contributed by atoms with E-state index >= 15 is 0 Å². The molecule has 2 aromatic rings. The molecule has 0 atom stereocenters. The van der Waals surface area contributed by atoms with Crippen LogP contribution in [-0.2, 0) is 0 Å². The van der Waals surface area contributed by atoms with E-state index in [0.29, 0.717) is 11.3 Å². The quantitative estimate of drug-likeness (QED) is 0.941. The van der Waals surface area contributed by atoms with Crippen LogP contribution >= 0.6 is 0 Å². The van der Waals surface area contributed by atoms with Crippen LogP contribution in [0.25, 0.3) is 0 Å². The first kappa shape index (κ1) is 14.8. The van der Waals surface area contributed by atoms with E-state index in [9.17, 15) is 18.0 Å². The Balaban J connectivity index is 2.07. The predicted octanol–water partition coefficient (Wildman–Crippen LogP) is 3.38. The number of pyridine rings is 1. The number of amides is 1. The van der Waals surface area contributed by atoms with Crippen molar-refractivity contribution in [2.24, 2.45) is 0 Å². The van der Waals surface area contributed by atoms with Gasteiger partial charge in [0, 0.05) is 5.69 Å². The molecule has 21 heavy (non-hydrogen) atoms. The highest BCUT2D eigenvalue weighted by atomic mass is 19.3. The summed E-state index contributed by atoms with van der Waals surface area (Å²) in [5.41, 5.74) is 0.827. The molecule has 0 aliphatic rings. The number of alkyl halides is 2. The highest BCUT2D eigenvalue weighted by molar-refractivity contribution is 6.02. The summed E-state index contributed by atoms with van der Waals surface area (Å²) in [6.45, 7) is -1.38. The van der Waals surface area contributed by atoms with Gasteiger partial charge in [-0.1, -0.05) is 0 Å². The third-order valence-corrected chi connectivity index (χ3v) is 2.61. The fraction of sp³-hybridized carbons (Fsp3) is 0.143. The second kappa shape index (κ2) is 6.25. The molecule has 0 aliphatic heterocycles.